The summed E-state index contributed by atoms with van der Waals surface area (Å²) in [6, 6.07) is 64.3. The predicted molar refractivity (Wildman–Crippen MR) is 594 cm³/mol. The second-order valence-electron chi connectivity index (χ2n) is 48.5. The van der Waals surface area contributed by atoms with Gasteiger partial charge in [-0.3, -0.25) is 0 Å². The van der Waals surface area contributed by atoms with E-state index in [1.165, 1.54) is 289 Å². The summed E-state index contributed by atoms with van der Waals surface area (Å²) in [7, 11) is 0. The third kappa shape index (κ3) is 37.3. The van der Waals surface area contributed by atoms with Crippen LogP contribution in [0.2, 0.25) is 0 Å². The van der Waals surface area contributed by atoms with Gasteiger partial charge in [-0.15, -0.1) is 0 Å². The van der Waals surface area contributed by atoms with Crippen molar-refractivity contribution in [2.45, 2.75) is 512 Å². The highest BCUT2D eigenvalue weighted by Gasteiger charge is 2.50. The van der Waals surface area contributed by atoms with Crippen molar-refractivity contribution in [3.8, 4) is 28.7 Å². The van der Waals surface area contributed by atoms with Crippen LogP contribution in [0.3, 0.4) is 0 Å². The first kappa shape index (κ1) is 114. The number of ether oxygens (including phenoxy) is 10. The van der Waals surface area contributed by atoms with Crippen LogP contribution in [0.5, 0.6) is 28.7 Å². The molecular formula is C132H200O10. The van der Waals surface area contributed by atoms with E-state index in [4.69, 9.17) is 47.4 Å². The smallest absolute Gasteiger partial charge is 0.200 e. The maximum Gasteiger partial charge on any atom is 0.200 e. The number of hydrogen-bond donors (Lipinski definition) is 0. The van der Waals surface area contributed by atoms with Gasteiger partial charge in [-0.05, 0) is 343 Å². The van der Waals surface area contributed by atoms with E-state index < -0.39 is 0 Å². The quantitative estimate of drug-likeness (QED) is 0.0272. The molecule has 0 aliphatic heterocycles. The molecule has 7 aromatic rings. The standard InChI is InChI=1S/C29H42O2.C28H46O2.C26H36O2.C25H38O2.C24H38O2/c1-6-23(2)25-15-17-26(18-16-25)31-27(30-22-24-13-9-7-10-14-24)21-29(28(3,4)5)19-11-8-12-20-29;1-6-22(2)23-15-17-25(18-16-23)29-26(30-27(3,4)5)21-28(19-11-8-12-20-28)24-13-9-7-10-14-24;1-3-21(2)24-15-17-25(18-16-24)28-26(19-22-11-7-4-5-8-12-22)27-20-23-13-9-6-10-14-23;1-5-17(4)20-6-8-23(9-7-20)27-25(26-16(2)3)15-24-21-11-18-10-19(13-21)14-22(24)12-18;1-3-19(2)21-14-16-23(17-15-21)26-24(18-20-10-6-4-7-11-20)25-22-12-8-5-9-13-22/h7,9-10,13-18,23,27H,6,8,11-12,19-22H2,1-5H3;15-18,22,24,26H,6-14,19-21H2,1-5H3;6,9-10,13-18,21-22,26H,3-5,7-8,11-12,19-20H2,1-2H3;6-9,16-19,21-22,24-25H,5,10-15H2,1-4H3;14-17,19-20,22,24H,3-13,18H2,1-2H3. The van der Waals surface area contributed by atoms with E-state index >= 15 is 0 Å². The fourth-order valence-corrected chi connectivity index (χ4v) is 25.7. The molecule has 10 unspecified atom stereocenters. The minimum Gasteiger partial charge on any atom is -0.465 e. The average Bonchev–Trinajstić information content (AvgIpc) is 0.769. The molecular weight excluding hydrogens is 1750 g/mol. The van der Waals surface area contributed by atoms with Crippen LogP contribution in [-0.2, 0) is 36.9 Å². The highest BCUT2D eigenvalue weighted by molar-refractivity contribution is 5.34. The summed E-state index contributed by atoms with van der Waals surface area (Å²) in [5, 5.41) is 0. The van der Waals surface area contributed by atoms with Gasteiger partial charge in [-0.2, -0.15) is 0 Å². The summed E-state index contributed by atoms with van der Waals surface area (Å²) in [6.07, 6.45) is 59.9. The fourth-order valence-electron chi connectivity index (χ4n) is 25.7. The van der Waals surface area contributed by atoms with E-state index in [-0.39, 0.29) is 54.0 Å². The predicted octanol–water partition coefficient (Wildman–Crippen LogP) is 38.6. The van der Waals surface area contributed by atoms with E-state index in [2.05, 4.69) is 294 Å². The first-order valence-corrected chi connectivity index (χ1v) is 58.8. The third-order valence-electron chi connectivity index (χ3n) is 35.5. The summed E-state index contributed by atoms with van der Waals surface area (Å²) < 4.78 is 64.1. The molecule has 10 atom stereocenters. The lowest BCUT2D eigenvalue weighted by molar-refractivity contribution is -0.176. The van der Waals surface area contributed by atoms with E-state index in [0.717, 1.165) is 115 Å². The molecule has 10 nitrogen and oxygen atoms in total. The Morgan fingerprint density at radius 3 is 1.01 bits per heavy atom. The molecule has 10 aliphatic carbocycles. The van der Waals surface area contributed by atoms with Crippen LogP contribution in [0.15, 0.2) is 182 Å². The van der Waals surface area contributed by atoms with Crippen LogP contribution in [0.1, 0.15) is 489 Å². The Kier molecular flexibility index (Phi) is 47.3. The van der Waals surface area contributed by atoms with Crippen LogP contribution in [0.4, 0.5) is 0 Å². The van der Waals surface area contributed by atoms with Gasteiger partial charge in [0.2, 0.25) is 12.6 Å². The molecule has 788 valence electrons. The molecule has 10 fully saturated rings. The van der Waals surface area contributed by atoms with Crippen molar-refractivity contribution < 1.29 is 47.4 Å². The number of benzene rings is 7. The van der Waals surface area contributed by atoms with Gasteiger partial charge in [0, 0.05) is 32.1 Å². The molecule has 10 heteroatoms. The lowest BCUT2D eigenvalue weighted by Crippen LogP contribution is -2.46. The molecule has 0 aromatic heterocycles. The summed E-state index contributed by atoms with van der Waals surface area (Å²) in [6.45, 7) is 41.7. The van der Waals surface area contributed by atoms with Crippen molar-refractivity contribution in [3.63, 3.8) is 0 Å². The van der Waals surface area contributed by atoms with Gasteiger partial charge in [-0.25, -0.2) is 0 Å². The molecule has 0 spiro atoms. The van der Waals surface area contributed by atoms with Crippen LogP contribution in [-0.4, -0.2) is 49.3 Å². The van der Waals surface area contributed by atoms with E-state index in [0.29, 0.717) is 60.2 Å². The Labute approximate surface area is 867 Å². The lowest BCUT2D eigenvalue weighted by Gasteiger charge is -2.55. The van der Waals surface area contributed by atoms with Crippen molar-refractivity contribution in [3.05, 3.63) is 221 Å². The van der Waals surface area contributed by atoms with E-state index in [1.54, 1.807) is 0 Å². The Morgan fingerprint density at radius 2 is 0.634 bits per heavy atom. The summed E-state index contributed by atoms with van der Waals surface area (Å²) >= 11 is 0. The lowest BCUT2D eigenvalue weighted by atomic mass is 9.51. The maximum absolute atomic E-state index is 6.56. The van der Waals surface area contributed by atoms with Gasteiger partial charge >= 0.3 is 0 Å². The topological polar surface area (TPSA) is 92.3 Å². The van der Waals surface area contributed by atoms with Crippen LogP contribution in [0, 0.1) is 63.6 Å². The molecule has 0 amide bonds. The SMILES string of the molecule is CCC(C)c1ccc(OC(CC2(C(C)(C)C)CCCCC2)OCc2ccccc2)cc1.CCC(C)c1ccc(OC(CC2(C3CCCCC3)CCCCC2)OC(C)(C)C)cc1.CCC(C)c1ccc(OC(CC2C3CC4CC(C3)CC2C4)OC(C)C)cc1.CCC(C)c1ccc(OC(CC2CCCCC2)OC2CCCCC2)cc1.CCC(C)c1ccc(OC(CC2CCCCCC2)OCc2ccccc2)cc1. The molecule has 142 heavy (non-hydrogen) atoms. The van der Waals surface area contributed by atoms with Crippen LogP contribution < -0.4 is 23.7 Å². The molecule has 0 saturated heterocycles. The zero-order chi connectivity index (χ0) is 101. The van der Waals surface area contributed by atoms with Gasteiger partial charge in [0.1, 0.15) is 28.7 Å². The monoisotopic (exact) mass is 1950 g/mol. The second kappa shape index (κ2) is 58.9. The summed E-state index contributed by atoms with van der Waals surface area (Å²) in [5.41, 5.74) is 10.0. The highest BCUT2D eigenvalue weighted by Crippen LogP contribution is 2.59. The van der Waals surface area contributed by atoms with E-state index in [1.807, 2.05) is 12.1 Å². The van der Waals surface area contributed by atoms with Gasteiger partial charge in [0.05, 0.1) is 31.0 Å². The van der Waals surface area contributed by atoms with Crippen LogP contribution in [0.25, 0.3) is 0 Å². The van der Waals surface area contributed by atoms with Crippen LogP contribution >= 0.6 is 0 Å². The molecule has 0 heterocycles. The molecule has 7 aromatic carbocycles. The zero-order valence-electron chi connectivity index (χ0n) is 92.9. The normalized spacial score (nSPS) is 22.7. The molecule has 17 rings (SSSR count). The zero-order valence-corrected chi connectivity index (χ0v) is 92.9. The summed E-state index contributed by atoms with van der Waals surface area (Å²) in [4.78, 5) is 0. The molecule has 0 radical (unpaired) electrons. The van der Waals surface area contributed by atoms with Gasteiger partial charge in [0.15, 0.2) is 18.9 Å². The van der Waals surface area contributed by atoms with Crippen molar-refractivity contribution in [2.75, 3.05) is 0 Å². The van der Waals surface area contributed by atoms with Crippen molar-refractivity contribution in [1.29, 1.82) is 0 Å². The summed E-state index contributed by atoms with van der Waals surface area (Å²) in [5.74, 6) is 14.7. The van der Waals surface area contributed by atoms with E-state index in [9.17, 15) is 0 Å². The number of hydrogen-bond acceptors (Lipinski definition) is 10. The third-order valence-corrected chi connectivity index (χ3v) is 35.5. The Hall–Kier alpha value is -6.66. The molecule has 4 bridgehead atoms. The molecule has 0 N–H and O–H groups in total. The maximum atomic E-state index is 6.56. The van der Waals surface area contributed by atoms with Gasteiger partial charge in [0.25, 0.3) is 0 Å². The second-order valence-corrected chi connectivity index (χ2v) is 48.5. The largest absolute Gasteiger partial charge is 0.465 e. The fraction of sp³-hybridized carbons (Fsp3) is 0.682. The van der Waals surface area contributed by atoms with Crippen molar-refractivity contribution in [1.82, 2.24) is 0 Å². The van der Waals surface area contributed by atoms with Gasteiger partial charge < -0.3 is 47.4 Å². The number of rotatable bonds is 42. The van der Waals surface area contributed by atoms with Gasteiger partial charge in [-0.1, -0.05) is 359 Å². The first-order valence-electron chi connectivity index (χ1n) is 58.8. The Balaban J connectivity index is 0.000000159. The minimum absolute atomic E-state index is 0.0735. The average molecular weight is 1950 g/mol. The first-order chi connectivity index (χ1) is 68.6. The highest BCUT2D eigenvalue weighted by atomic mass is 16.7. The minimum atomic E-state index is -0.244. The molecule has 10 saturated carbocycles. The Bertz CT molecular complexity index is 4430. The van der Waals surface area contributed by atoms with Crippen molar-refractivity contribution >= 4 is 0 Å². The van der Waals surface area contributed by atoms with Crippen molar-refractivity contribution in [2.24, 2.45) is 63.6 Å². The molecule has 10 aliphatic rings. The Morgan fingerprint density at radius 1 is 0.310 bits per heavy atom.